The highest BCUT2D eigenvalue weighted by Gasteiger charge is 2.44. The summed E-state index contributed by atoms with van der Waals surface area (Å²) in [5.74, 6) is -1.52. The third-order valence-electron chi connectivity index (χ3n) is 7.35. The second kappa shape index (κ2) is 13.0. The second-order valence-corrected chi connectivity index (χ2v) is 11.1. The van der Waals surface area contributed by atoms with Crippen LogP contribution in [0.3, 0.4) is 0 Å². The molecule has 0 unspecified atom stereocenters. The fourth-order valence-corrected chi connectivity index (χ4v) is 4.97. The number of nitrogens with one attached hydrogen (secondary N) is 2. The maximum absolute atomic E-state index is 13.8. The molecule has 0 heterocycles. The third-order valence-corrected chi connectivity index (χ3v) is 7.35. The molecule has 1 rings (SSSR count). The Labute approximate surface area is 217 Å². The summed E-state index contributed by atoms with van der Waals surface area (Å²) in [5, 5.41) is 15.7. The molecule has 0 saturated heterocycles. The van der Waals surface area contributed by atoms with Gasteiger partial charge in [0.2, 0.25) is 11.8 Å². The largest absolute Gasteiger partial charge is 0.478 e. The number of carbonyl (C=O) groups excluding carboxylic acids is 2. The zero-order valence-electron chi connectivity index (χ0n) is 23.8. The van der Waals surface area contributed by atoms with Crippen molar-refractivity contribution in [2.75, 3.05) is 14.1 Å². The first-order valence-electron chi connectivity index (χ1n) is 12.9. The van der Waals surface area contributed by atoms with E-state index in [4.69, 9.17) is 0 Å². The molecule has 3 N–H and O–H groups in total. The third kappa shape index (κ3) is 7.19. The number of likely N-dealkylation sites (N-methyl/N-ethyl adjacent to an activating group) is 2. The maximum Gasteiger partial charge on any atom is 0.331 e. The van der Waals surface area contributed by atoms with Crippen LogP contribution in [0.4, 0.5) is 0 Å². The zero-order chi connectivity index (χ0) is 27.8. The van der Waals surface area contributed by atoms with E-state index in [2.05, 4.69) is 36.6 Å². The van der Waals surface area contributed by atoms with Crippen molar-refractivity contribution in [3.8, 4) is 0 Å². The topological polar surface area (TPSA) is 98.7 Å². The minimum atomic E-state index is -1.02. The number of benzene rings is 1. The molecular formula is C29H47N3O4. The van der Waals surface area contributed by atoms with Crippen molar-refractivity contribution >= 4 is 17.8 Å². The van der Waals surface area contributed by atoms with Crippen LogP contribution >= 0.6 is 0 Å². The van der Waals surface area contributed by atoms with Gasteiger partial charge in [0, 0.05) is 18.0 Å². The smallest absolute Gasteiger partial charge is 0.331 e. The van der Waals surface area contributed by atoms with Gasteiger partial charge in [0.05, 0.1) is 12.1 Å². The highest BCUT2D eigenvalue weighted by Crippen LogP contribution is 2.36. The van der Waals surface area contributed by atoms with Crippen LogP contribution in [0.5, 0.6) is 0 Å². The first-order valence-corrected chi connectivity index (χ1v) is 12.9. The van der Waals surface area contributed by atoms with Crippen LogP contribution in [-0.2, 0) is 19.8 Å². The van der Waals surface area contributed by atoms with E-state index in [1.807, 2.05) is 52.8 Å². The molecule has 202 valence electrons. The van der Waals surface area contributed by atoms with Crippen LogP contribution < -0.4 is 10.6 Å². The Morgan fingerprint density at radius 3 is 1.94 bits per heavy atom. The van der Waals surface area contributed by atoms with Gasteiger partial charge in [0.1, 0.15) is 6.04 Å². The monoisotopic (exact) mass is 501 g/mol. The van der Waals surface area contributed by atoms with Crippen LogP contribution in [0.2, 0.25) is 0 Å². The fourth-order valence-electron chi connectivity index (χ4n) is 4.97. The Morgan fingerprint density at radius 1 is 1.03 bits per heavy atom. The molecule has 1 aromatic rings. The van der Waals surface area contributed by atoms with E-state index in [9.17, 15) is 19.5 Å². The van der Waals surface area contributed by atoms with Crippen molar-refractivity contribution in [3.63, 3.8) is 0 Å². The van der Waals surface area contributed by atoms with Gasteiger partial charge in [0.25, 0.3) is 0 Å². The van der Waals surface area contributed by atoms with Gasteiger partial charge >= 0.3 is 5.97 Å². The van der Waals surface area contributed by atoms with Crippen molar-refractivity contribution in [3.05, 3.63) is 47.5 Å². The predicted octanol–water partition coefficient (Wildman–Crippen LogP) is 4.38. The number of nitrogens with zero attached hydrogens (tertiary/aromatic N) is 1. The summed E-state index contributed by atoms with van der Waals surface area (Å²) >= 11 is 0. The summed E-state index contributed by atoms with van der Waals surface area (Å²) < 4.78 is 0. The first kappa shape index (κ1) is 31.4. The molecule has 36 heavy (non-hydrogen) atoms. The standard InChI is InChI=1S/C29H47N3O4/c1-11-29(12-2,21-16-14-13-15-17-21)23(30-9)25(33)31-24(28(6,7)8)26(34)32(10)22(19(3)4)18-20(5)27(35)36/h13-19,22-24,30H,11-12H2,1-10H3,(H,31,33)(H,35,36)/b20-18+/t22-,23-,24-/m1/s1. The number of hydrogen-bond donors (Lipinski definition) is 3. The number of carbonyl (C=O) groups is 3. The lowest BCUT2D eigenvalue weighted by molar-refractivity contribution is -0.141. The second-order valence-electron chi connectivity index (χ2n) is 11.1. The number of carboxylic acids is 1. The Hall–Kier alpha value is -2.67. The molecule has 0 aliphatic heterocycles. The van der Waals surface area contributed by atoms with Crippen molar-refractivity contribution in [2.24, 2.45) is 11.3 Å². The van der Waals surface area contributed by atoms with Crippen LogP contribution in [0, 0.1) is 11.3 Å². The molecule has 7 nitrogen and oxygen atoms in total. The molecule has 0 spiro atoms. The average Bonchev–Trinajstić information content (AvgIpc) is 2.82. The predicted molar refractivity (Wildman–Crippen MR) is 146 cm³/mol. The van der Waals surface area contributed by atoms with E-state index in [1.165, 1.54) is 6.92 Å². The van der Waals surface area contributed by atoms with Gasteiger partial charge in [-0.25, -0.2) is 4.79 Å². The minimum Gasteiger partial charge on any atom is -0.478 e. The van der Waals surface area contributed by atoms with Crippen LogP contribution in [-0.4, -0.2) is 60.0 Å². The van der Waals surface area contributed by atoms with E-state index in [-0.39, 0.29) is 23.3 Å². The van der Waals surface area contributed by atoms with Crippen LogP contribution in [0.25, 0.3) is 0 Å². The zero-order valence-corrected chi connectivity index (χ0v) is 23.8. The van der Waals surface area contributed by atoms with Gasteiger partial charge in [-0.05, 0) is 43.7 Å². The quantitative estimate of drug-likeness (QED) is 0.369. The van der Waals surface area contributed by atoms with E-state index in [0.29, 0.717) is 0 Å². The van der Waals surface area contributed by atoms with Gasteiger partial charge < -0.3 is 20.6 Å². The lowest BCUT2D eigenvalue weighted by Gasteiger charge is -2.42. The summed E-state index contributed by atoms with van der Waals surface area (Å²) in [7, 11) is 3.45. The molecule has 0 saturated carbocycles. The van der Waals surface area contributed by atoms with Crippen LogP contribution in [0.1, 0.15) is 73.8 Å². The van der Waals surface area contributed by atoms with Crippen LogP contribution in [0.15, 0.2) is 42.0 Å². The molecule has 0 aliphatic rings. The Bertz CT molecular complexity index is 914. The van der Waals surface area contributed by atoms with Crippen molar-refractivity contribution in [2.45, 2.75) is 91.8 Å². The highest BCUT2D eigenvalue weighted by atomic mass is 16.4. The minimum absolute atomic E-state index is 0.0134. The average molecular weight is 502 g/mol. The summed E-state index contributed by atoms with van der Waals surface area (Å²) in [6.45, 7) is 15.3. The lowest BCUT2D eigenvalue weighted by Crippen LogP contribution is -2.62. The summed E-state index contributed by atoms with van der Waals surface area (Å²) in [4.78, 5) is 40.6. The normalized spacial score (nSPS) is 15.2. The summed E-state index contributed by atoms with van der Waals surface area (Å²) in [6, 6.07) is 8.25. The number of amides is 2. The van der Waals surface area contributed by atoms with Gasteiger partial charge in [0.15, 0.2) is 0 Å². The molecule has 0 bridgehead atoms. The number of rotatable bonds is 12. The molecule has 0 aromatic heterocycles. The molecule has 2 amide bonds. The first-order chi connectivity index (χ1) is 16.7. The molecule has 0 aliphatic carbocycles. The van der Waals surface area contributed by atoms with E-state index < -0.39 is 34.9 Å². The van der Waals surface area contributed by atoms with Gasteiger partial charge in [-0.3, -0.25) is 9.59 Å². The fraction of sp³-hybridized carbons (Fsp3) is 0.621. The van der Waals surface area contributed by atoms with Gasteiger partial charge in [-0.2, -0.15) is 0 Å². The van der Waals surface area contributed by atoms with Crippen molar-refractivity contribution in [1.29, 1.82) is 0 Å². The van der Waals surface area contributed by atoms with Crippen molar-refractivity contribution < 1.29 is 19.5 Å². The number of hydrogen-bond acceptors (Lipinski definition) is 4. The number of carboxylic acid groups (broad SMARTS) is 1. The van der Waals surface area contributed by atoms with E-state index >= 15 is 0 Å². The molecule has 0 fully saturated rings. The highest BCUT2D eigenvalue weighted by molar-refractivity contribution is 5.91. The maximum atomic E-state index is 13.8. The van der Waals surface area contributed by atoms with E-state index in [0.717, 1.165) is 18.4 Å². The Kier molecular flexibility index (Phi) is 11.4. The molecule has 1 aromatic carbocycles. The molecule has 0 radical (unpaired) electrons. The van der Waals surface area contributed by atoms with Gasteiger partial charge in [-0.15, -0.1) is 0 Å². The number of aliphatic carboxylic acids is 1. The summed E-state index contributed by atoms with van der Waals surface area (Å²) in [6.07, 6.45) is 3.10. The van der Waals surface area contributed by atoms with E-state index in [1.54, 1.807) is 25.1 Å². The molecule has 3 atom stereocenters. The molecule has 7 heteroatoms. The van der Waals surface area contributed by atoms with Gasteiger partial charge in [-0.1, -0.05) is 84.9 Å². The molecular weight excluding hydrogens is 454 g/mol. The Morgan fingerprint density at radius 2 is 1.56 bits per heavy atom. The lowest BCUT2D eigenvalue weighted by atomic mass is 9.69. The SMILES string of the molecule is CCC(CC)(c1ccccc1)[C@H](NC)C(=O)N[C@H](C(=O)N(C)[C@H](/C=C(\C)C(=O)O)C(C)C)C(C)(C)C. The Balaban J connectivity index is 3.41. The summed E-state index contributed by atoms with van der Waals surface area (Å²) in [5.41, 5.74) is 0.243. The van der Waals surface area contributed by atoms with Crippen molar-refractivity contribution in [1.82, 2.24) is 15.5 Å².